The molecule has 60 valence electrons. The number of rotatable bonds is 4. The molecular weight excluding hydrogens is 130 g/mol. The van der Waals surface area contributed by atoms with Gasteiger partial charge in [-0.05, 0) is 13.3 Å². The second kappa shape index (κ2) is 5.23. The van der Waals surface area contributed by atoms with E-state index in [-0.39, 0.29) is 18.6 Å². The summed E-state index contributed by atoms with van der Waals surface area (Å²) in [6, 6.07) is 0.252. The molecule has 1 atom stereocenters. The van der Waals surface area contributed by atoms with Crippen LogP contribution in [0.4, 0.5) is 0 Å². The van der Waals surface area contributed by atoms with Gasteiger partial charge in [0.15, 0.2) is 0 Å². The van der Waals surface area contributed by atoms with E-state index in [4.69, 9.17) is 0 Å². The van der Waals surface area contributed by atoms with Crippen LogP contribution in [0.15, 0.2) is 0 Å². The van der Waals surface area contributed by atoms with E-state index in [1.54, 1.807) is 0 Å². The van der Waals surface area contributed by atoms with Crippen molar-refractivity contribution in [2.75, 3.05) is 13.7 Å². The molecular formula is C7H15NO2. The zero-order valence-corrected chi connectivity index (χ0v) is 6.81. The molecule has 0 heterocycles. The first-order chi connectivity index (χ1) is 4.70. The van der Waals surface area contributed by atoms with Crippen molar-refractivity contribution in [2.24, 2.45) is 0 Å². The number of amides is 1. The third-order valence-corrected chi connectivity index (χ3v) is 1.30. The van der Waals surface area contributed by atoms with Crippen molar-refractivity contribution in [3.05, 3.63) is 0 Å². The van der Waals surface area contributed by atoms with Crippen molar-refractivity contribution in [3.63, 3.8) is 0 Å². The number of carbonyl (C=O) groups is 1. The van der Waals surface area contributed by atoms with Gasteiger partial charge in [-0.25, -0.2) is 0 Å². The fraction of sp³-hybridized carbons (Fsp3) is 0.857. The Morgan fingerprint density at radius 1 is 1.70 bits per heavy atom. The first-order valence-corrected chi connectivity index (χ1v) is 3.49. The fourth-order valence-corrected chi connectivity index (χ4v) is 0.550. The van der Waals surface area contributed by atoms with Crippen LogP contribution in [-0.2, 0) is 9.53 Å². The zero-order valence-electron chi connectivity index (χ0n) is 6.81. The molecule has 0 saturated heterocycles. The summed E-state index contributed by atoms with van der Waals surface area (Å²) in [5.74, 6) is -0.0446. The quantitative estimate of drug-likeness (QED) is 0.627. The van der Waals surface area contributed by atoms with Crippen LogP contribution < -0.4 is 5.32 Å². The molecule has 0 aromatic rings. The molecule has 0 saturated carbocycles. The van der Waals surface area contributed by atoms with Crippen LogP contribution in [0.1, 0.15) is 20.3 Å². The Labute approximate surface area is 61.8 Å². The number of hydrogen-bond acceptors (Lipinski definition) is 2. The number of methoxy groups -OCH3 is 1. The highest BCUT2D eigenvalue weighted by Crippen LogP contribution is 1.86. The lowest BCUT2D eigenvalue weighted by Gasteiger charge is -2.09. The van der Waals surface area contributed by atoms with Gasteiger partial charge >= 0.3 is 0 Å². The maximum absolute atomic E-state index is 10.8. The SMILES string of the molecule is CCC(C)NC(=O)COC. The van der Waals surface area contributed by atoms with Gasteiger partial charge < -0.3 is 10.1 Å². The van der Waals surface area contributed by atoms with Crippen LogP contribution in [0.5, 0.6) is 0 Å². The van der Waals surface area contributed by atoms with Gasteiger partial charge in [0.05, 0.1) is 0 Å². The summed E-state index contributed by atoms with van der Waals surface area (Å²) in [6.45, 7) is 4.15. The van der Waals surface area contributed by atoms with E-state index in [2.05, 4.69) is 10.1 Å². The van der Waals surface area contributed by atoms with Crippen LogP contribution >= 0.6 is 0 Å². The predicted octanol–water partition coefficient (Wildman–Crippen LogP) is 0.547. The van der Waals surface area contributed by atoms with Crippen LogP contribution in [0.2, 0.25) is 0 Å². The molecule has 0 aromatic heterocycles. The Balaban J connectivity index is 3.37. The largest absolute Gasteiger partial charge is 0.375 e. The Kier molecular flexibility index (Phi) is 4.94. The maximum Gasteiger partial charge on any atom is 0.246 e. The van der Waals surface area contributed by atoms with Gasteiger partial charge in [0.2, 0.25) is 5.91 Å². The van der Waals surface area contributed by atoms with Crippen LogP contribution in [0, 0.1) is 0 Å². The Morgan fingerprint density at radius 3 is 2.70 bits per heavy atom. The minimum Gasteiger partial charge on any atom is -0.375 e. The summed E-state index contributed by atoms with van der Waals surface area (Å²) in [4.78, 5) is 10.8. The van der Waals surface area contributed by atoms with Gasteiger partial charge in [-0.1, -0.05) is 6.92 Å². The summed E-state index contributed by atoms with van der Waals surface area (Å²) in [5, 5.41) is 2.77. The van der Waals surface area contributed by atoms with Gasteiger partial charge in [0.1, 0.15) is 6.61 Å². The van der Waals surface area contributed by atoms with E-state index >= 15 is 0 Å². The normalized spacial score (nSPS) is 12.7. The number of nitrogens with one attached hydrogen (secondary N) is 1. The third-order valence-electron chi connectivity index (χ3n) is 1.30. The van der Waals surface area contributed by atoms with Gasteiger partial charge in [0.25, 0.3) is 0 Å². The first kappa shape index (κ1) is 9.43. The average Bonchev–Trinajstić information content (AvgIpc) is 1.88. The summed E-state index contributed by atoms with van der Waals surface area (Å²) < 4.78 is 4.64. The molecule has 0 aliphatic heterocycles. The topological polar surface area (TPSA) is 38.3 Å². The Bertz CT molecular complexity index is 104. The third kappa shape index (κ3) is 4.32. The van der Waals surface area contributed by atoms with Crippen molar-refractivity contribution in [2.45, 2.75) is 26.3 Å². The Hall–Kier alpha value is -0.570. The molecule has 3 heteroatoms. The summed E-state index contributed by atoms with van der Waals surface area (Å²) in [6.07, 6.45) is 0.954. The average molecular weight is 145 g/mol. The highest BCUT2D eigenvalue weighted by Gasteiger charge is 2.02. The van der Waals surface area contributed by atoms with Gasteiger partial charge in [-0.3, -0.25) is 4.79 Å². The molecule has 1 N–H and O–H groups in total. The second-order valence-corrected chi connectivity index (χ2v) is 2.31. The van der Waals surface area contributed by atoms with Crippen molar-refractivity contribution < 1.29 is 9.53 Å². The zero-order chi connectivity index (χ0) is 7.98. The molecule has 10 heavy (non-hydrogen) atoms. The fourth-order valence-electron chi connectivity index (χ4n) is 0.550. The highest BCUT2D eigenvalue weighted by atomic mass is 16.5. The number of carbonyl (C=O) groups excluding carboxylic acids is 1. The smallest absolute Gasteiger partial charge is 0.246 e. The van der Waals surface area contributed by atoms with E-state index in [1.807, 2.05) is 13.8 Å². The Morgan fingerprint density at radius 2 is 2.30 bits per heavy atom. The lowest BCUT2D eigenvalue weighted by atomic mass is 10.2. The van der Waals surface area contributed by atoms with E-state index in [9.17, 15) is 4.79 Å². The molecule has 0 radical (unpaired) electrons. The molecule has 0 rings (SSSR count). The predicted molar refractivity (Wildman–Crippen MR) is 39.8 cm³/mol. The van der Waals surface area contributed by atoms with Crippen molar-refractivity contribution in [1.29, 1.82) is 0 Å². The highest BCUT2D eigenvalue weighted by molar-refractivity contribution is 5.77. The van der Waals surface area contributed by atoms with E-state index in [0.717, 1.165) is 6.42 Å². The molecule has 0 bridgehead atoms. The van der Waals surface area contributed by atoms with Crippen molar-refractivity contribution in [3.8, 4) is 0 Å². The van der Waals surface area contributed by atoms with E-state index in [1.165, 1.54) is 7.11 Å². The summed E-state index contributed by atoms with van der Waals surface area (Å²) >= 11 is 0. The second-order valence-electron chi connectivity index (χ2n) is 2.31. The lowest BCUT2D eigenvalue weighted by molar-refractivity contribution is -0.125. The molecule has 1 unspecified atom stereocenters. The molecule has 0 spiro atoms. The summed E-state index contributed by atoms with van der Waals surface area (Å²) in [5.41, 5.74) is 0. The molecule has 0 aliphatic rings. The monoisotopic (exact) mass is 145 g/mol. The first-order valence-electron chi connectivity index (χ1n) is 3.49. The lowest BCUT2D eigenvalue weighted by Crippen LogP contribution is -2.34. The number of ether oxygens (including phenoxy) is 1. The minimum absolute atomic E-state index is 0.0446. The van der Waals surface area contributed by atoms with Crippen molar-refractivity contribution in [1.82, 2.24) is 5.32 Å². The van der Waals surface area contributed by atoms with Crippen LogP contribution in [-0.4, -0.2) is 25.7 Å². The molecule has 0 fully saturated rings. The van der Waals surface area contributed by atoms with Gasteiger partial charge in [-0.2, -0.15) is 0 Å². The van der Waals surface area contributed by atoms with Crippen molar-refractivity contribution >= 4 is 5.91 Å². The maximum atomic E-state index is 10.8. The molecule has 3 nitrogen and oxygen atoms in total. The molecule has 0 aliphatic carbocycles. The van der Waals surface area contributed by atoms with E-state index in [0.29, 0.717) is 0 Å². The van der Waals surface area contributed by atoms with Crippen LogP contribution in [0.3, 0.4) is 0 Å². The molecule has 1 amide bonds. The van der Waals surface area contributed by atoms with Crippen LogP contribution in [0.25, 0.3) is 0 Å². The van der Waals surface area contributed by atoms with Gasteiger partial charge in [0, 0.05) is 13.2 Å². The standard InChI is InChI=1S/C7H15NO2/c1-4-6(2)8-7(9)5-10-3/h6H,4-5H2,1-3H3,(H,8,9). The number of hydrogen-bond donors (Lipinski definition) is 1. The molecule has 0 aromatic carbocycles. The minimum atomic E-state index is -0.0446. The van der Waals surface area contributed by atoms with E-state index < -0.39 is 0 Å². The summed E-state index contributed by atoms with van der Waals surface area (Å²) in [7, 11) is 1.51. The van der Waals surface area contributed by atoms with Gasteiger partial charge in [-0.15, -0.1) is 0 Å².